The topological polar surface area (TPSA) is 92.3 Å². The highest BCUT2D eigenvalue weighted by molar-refractivity contribution is 7.89. The number of aryl methyl sites for hydroxylation is 1. The summed E-state index contributed by atoms with van der Waals surface area (Å²) >= 11 is 1.35. The molecule has 0 radical (unpaired) electrons. The molecule has 0 spiro atoms. The van der Waals surface area contributed by atoms with Crippen molar-refractivity contribution in [3.63, 3.8) is 0 Å². The maximum atomic E-state index is 13.4. The molecule has 1 aromatic heterocycles. The molecule has 164 valence electrons. The molecular weight excluding hydrogens is 434 g/mol. The molecule has 1 amide bonds. The molecule has 11 heteroatoms. The van der Waals surface area contributed by atoms with Gasteiger partial charge in [0.25, 0.3) is 0 Å². The minimum Gasteiger partial charge on any atom is -0.300 e. The summed E-state index contributed by atoms with van der Waals surface area (Å²) in [6.07, 6.45) is 4.76. The Bertz CT molecular complexity index is 989. The lowest BCUT2D eigenvalue weighted by Crippen LogP contribution is -2.41. The molecular formula is C19H24F2N4O3S2. The predicted molar refractivity (Wildman–Crippen MR) is 110 cm³/mol. The summed E-state index contributed by atoms with van der Waals surface area (Å²) in [5, 5.41) is 12.2. The molecule has 1 fully saturated rings. The van der Waals surface area contributed by atoms with Gasteiger partial charge in [-0.2, -0.15) is 4.31 Å². The summed E-state index contributed by atoms with van der Waals surface area (Å²) in [5.41, 5.74) is 0. The van der Waals surface area contributed by atoms with Crippen molar-refractivity contribution in [3.05, 3.63) is 34.8 Å². The van der Waals surface area contributed by atoms with Gasteiger partial charge < -0.3 is 5.32 Å². The highest BCUT2D eigenvalue weighted by Gasteiger charge is 2.32. The standard InChI is InChI=1S/C19H24F2N4O3S2/c1-2-3-4-5-17-23-24-19(29-17)22-18(26)13-8-10-25(11-9-13)30(27,28)14-6-7-15(20)16(21)12-14/h6-7,12-13H,2-5,8-11H2,1H3,(H,22,24,26). The van der Waals surface area contributed by atoms with E-state index >= 15 is 0 Å². The van der Waals surface area contributed by atoms with Crippen LogP contribution >= 0.6 is 11.3 Å². The van der Waals surface area contributed by atoms with Crippen LogP contribution < -0.4 is 5.32 Å². The summed E-state index contributed by atoms with van der Waals surface area (Å²) < 4.78 is 53.0. The molecule has 1 saturated heterocycles. The highest BCUT2D eigenvalue weighted by Crippen LogP contribution is 2.26. The molecule has 1 aliphatic rings. The van der Waals surface area contributed by atoms with E-state index in [4.69, 9.17) is 0 Å². The maximum Gasteiger partial charge on any atom is 0.243 e. The minimum atomic E-state index is -3.94. The van der Waals surface area contributed by atoms with E-state index in [1.807, 2.05) is 0 Å². The van der Waals surface area contributed by atoms with Crippen LogP contribution in [0.25, 0.3) is 0 Å². The van der Waals surface area contributed by atoms with Crippen molar-refractivity contribution >= 4 is 32.4 Å². The first kappa shape index (κ1) is 22.7. The number of unbranched alkanes of at least 4 members (excludes halogenated alkanes) is 2. The monoisotopic (exact) mass is 458 g/mol. The maximum absolute atomic E-state index is 13.4. The van der Waals surface area contributed by atoms with Crippen molar-refractivity contribution in [1.29, 1.82) is 0 Å². The summed E-state index contributed by atoms with van der Waals surface area (Å²) in [6, 6.07) is 2.51. The Morgan fingerprint density at radius 1 is 1.20 bits per heavy atom. The lowest BCUT2D eigenvalue weighted by Gasteiger charge is -2.30. The van der Waals surface area contributed by atoms with Gasteiger partial charge in [-0.15, -0.1) is 10.2 Å². The van der Waals surface area contributed by atoms with Gasteiger partial charge in [-0.1, -0.05) is 31.1 Å². The zero-order valence-electron chi connectivity index (χ0n) is 16.6. The second-order valence-corrected chi connectivity index (χ2v) is 10.2. The number of sulfonamides is 1. The van der Waals surface area contributed by atoms with E-state index in [9.17, 15) is 22.0 Å². The van der Waals surface area contributed by atoms with Crippen LogP contribution in [0, 0.1) is 17.6 Å². The molecule has 7 nitrogen and oxygen atoms in total. The van der Waals surface area contributed by atoms with Gasteiger partial charge in [-0.25, -0.2) is 17.2 Å². The normalized spacial score (nSPS) is 16.0. The fourth-order valence-corrected chi connectivity index (χ4v) is 5.55. The van der Waals surface area contributed by atoms with Gasteiger partial charge in [0.1, 0.15) is 5.01 Å². The first-order valence-corrected chi connectivity index (χ1v) is 12.2. The Morgan fingerprint density at radius 3 is 2.60 bits per heavy atom. The van der Waals surface area contributed by atoms with Gasteiger partial charge in [-0.05, 0) is 37.5 Å². The SMILES string of the molecule is CCCCCc1nnc(NC(=O)C2CCN(S(=O)(=O)c3ccc(F)c(F)c3)CC2)s1. The smallest absolute Gasteiger partial charge is 0.243 e. The lowest BCUT2D eigenvalue weighted by atomic mass is 9.97. The average molecular weight is 459 g/mol. The summed E-state index contributed by atoms with van der Waals surface area (Å²) in [6.45, 7) is 2.37. The predicted octanol–water partition coefficient (Wildman–Crippen LogP) is 3.59. The summed E-state index contributed by atoms with van der Waals surface area (Å²) in [4.78, 5) is 12.2. The first-order valence-electron chi connectivity index (χ1n) is 9.89. The number of hydrogen-bond acceptors (Lipinski definition) is 6. The lowest BCUT2D eigenvalue weighted by molar-refractivity contribution is -0.120. The molecule has 2 heterocycles. The molecule has 0 aliphatic carbocycles. The zero-order valence-corrected chi connectivity index (χ0v) is 18.2. The summed E-state index contributed by atoms with van der Waals surface area (Å²) in [5.74, 6) is -2.88. The third-order valence-corrected chi connectivity index (χ3v) is 7.84. The number of carbonyl (C=O) groups excluding carboxylic acids is 1. The first-order chi connectivity index (χ1) is 14.3. The van der Waals surface area contributed by atoms with E-state index in [0.29, 0.717) is 24.0 Å². The van der Waals surface area contributed by atoms with Gasteiger partial charge in [0, 0.05) is 25.4 Å². The fourth-order valence-electron chi connectivity index (χ4n) is 3.28. The molecule has 0 atom stereocenters. The fraction of sp³-hybridized carbons (Fsp3) is 0.526. The molecule has 3 rings (SSSR count). The van der Waals surface area contributed by atoms with Crippen molar-refractivity contribution in [3.8, 4) is 0 Å². The van der Waals surface area contributed by atoms with E-state index in [2.05, 4.69) is 22.4 Å². The highest BCUT2D eigenvalue weighted by atomic mass is 32.2. The Labute approximate surface area is 178 Å². The number of piperidine rings is 1. The molecule has 0 unspecified atom stereocenters. The largest absolute Gasteiger partial charge is 0.300 e. The number of halogens is 2. The molecule has 1 N–H and O–H groups in total. The number of anilines is 1. The molecule has 30 heavy (non-hydrogen) atoms. The second kappa shape index (κ2) is 9.88. The van der Waals surface area contributed by atoms with Crippen LogP contribution in [0.2, 0.25) is 0 Å². The Balaban J connectivity index is 1.54. The molecule has 0 bridgehead atoms. The molecule has 0 saturated carbocycles. The Hall–Kier alpha value is -1.98. The van der Waals surface area contributed by atoms with Crippen molar-refractivity contribution in [2.24, 2.45) is 5.92 Å². The van der Waals surface area contributed by atoms with Gasteiger partial charge in [0.05, 0.1) is 4.90 Å². The summed E-state index contributed by atoms with van der Waals surface area (Å²) in [7, 11) is -3.94. The second-order valence-electron chi connectivity index (χ2n) is 7.20. The van der Waals surface area contributed by atoms with E-state index in [-0.39, 0.29) is 29.8 Å². The average Bonchev–Trinajstić information content (AvgIpc) is 3.17. The Morgan fingerprint density at radius 2 is 1.93 bits per heavy atom. The van der Waals surface area contributed by atoms with Crippen molar-refractivity contribution in [2.45, 2.75) is 50.3 Å². The van der Waals surface area contributed by atoms with Crippen molar-refractivity contribution in [1.82, 2.24) is 14.5 Å². The zero-order chi connectivity index (χ0) is 21.7. The van der Waals surface area contributed by atoms with Crippen molar-refractivity contribution in [2.75, 3.05) is 18.4 Å². The third-order valence-electron chi connectivity index (χ3n) is 5.04. The number of nitrogens with zero attached hydrogens (tertiary/aromatic N) is 3. The van der Waals surface area contributed by atoms with Gasteiger partial charge in [0.2, 0.25) is 21.1 Å². The van der Waals surface area contributed by atoms with Gasteiger partial charge in [-0.3, -0.25) is 4.79 Å². The number of rotatable bonds is 8. The number of benzene rings is 1. The number of nitrogens with one attached hydrogen (secondary N) is 1. The van der Waals surface area contributed by atoms with E-state index in [1.165, 1.54) is 15.6 Å². The van der Waals surface area contributed by atoms with Crippen LogP contribution in [-0.2, 0) is 21.2 Å². The number of amides is 1. The Kier molecular flexibility index (Phi) is 7.48. The van der Waals surface area contributed by atoms with Crippen LogP contribution in [0.1, 0.15) is 44.0 Å². The van der Waals surface area contributed by atoms with Gasteiger partial charge in [0.15, 0.2) is 11.6 Å². The van der Waals surface area contributed by atoms with Gasteiger partial charge >= 0.3 is 0 Å². The van der Waals surface area contributed by atoms with E-state index < -0.39 is 21.7 Å². The third kappa shape index (κ3) is 5.38. The molecule has 1 aliphatic heterocycles. The van der Waals surface area contributed by atoms with Crippen LogP contribution in [0.5, 0.6) is 0 Å². The number of carbonyl (C=O) groups is 1. The quantitative estimate of drug-likeness (QED) is 0.611. The van der Waals surface area contributed by atoms with Crippen LogP contribution in [0.3, 0.4) is 0 Å². The van der Waals surface area contributed by atoms with Crippen LogP contribution in [0.15, 0.2) is 23.1 Å². The number of hydrogen-bond donors (Lipinski definition) is 1. The van der Waals surface area contributed by atoms with E-state index in [1.54, 1.807) is 0 Å². The molecule has 1 aromatic carbocycles. The van der Waals surface area contributed by atoms with Crippen LogP contribution in [0.4, 0.5) is 13.9 Å². The minimum absolute atomic E-state index is 0.123. The van der Waals surface area contributed by atoms with Crippen LogP contribution in [-0.4, -0.2) is 41.9 Å². The van der Waals surface area contributed by atoms with E-state index in [0.717, 1.165) is 42.8 Å². The van der Waals surface area contributed by atoms with Crippen molar-refractivity contribution < 1.29 is 22.0 Å². The number of aromatic nitrogens is 2. The molecule has 2 aromatic rings.